The molecule has 0 bridgehead atoms. The molecule has 2 N–H and O–H groups in total. The van der Waals surface area contributed by atoms with Crippen molar-refractivity contribution < 1.29 is 13.2 Å². The summed E-state index contributed by atoms with van der Waals surface area (Å²) in [4.78, 5) is 6.71. The van der Waals surface area contributed by atoms with Crippen molar-refractivity contribution in [1.82, 2.24) is 14.9 Å². The average Bonchev–Trinajstić information content (AvgIpc) is 3.50. The summed E-state index contributed by atoms with van der Waals surface area (Å²) in [6, 6.07) is 23.1. The standard InChI is InChI=1S/C28H29N5O3S2/c1-4-36-22-13-10-20(11-14-22)32-17-7-9-25(32)27-26(24-8-5-6-16-29-24)30-28(37)33(27)21-12-15-23(19(2)18-21)31-38(3,34)35/h5-18,26-27,31H,4H2,1-3H3,(H,30,37)/t26-,27+/m1/s1. The molecule has 1 saturated heterocycles. The van der Waals surface area contributed by atoms with E-state index in [9.17, 15) is 8.42 Å². The Balaban J connectivity index is 1.60. The molecule has 0 amide bonds. The SMILES string of the molecule is CCOc1ccc(-n2cccc2[C@H]2[C@@H](c3ccccn3)NC(=S)N2c2ccc(NS(C)(=O)=O)c(C)c2)cc1. The van der Waals surface area contributed by atoms with Gasteiger partial charge in [-0.15, -0.1) is 0 Å². The van der Waals surface area contributed by atoms with E-state index in [2.05, 4.69) is 30.6 Å². The van der Waals surface area contributed by atoms with Gasteiger partial charge in [-0.2, -0.15) is 0 Å². The predicted octanol–water partition coefficient (Wildman–Crippen LogP) is 5.13. The number of hydrogen-bond donors (Lipinski definition) is 2. The van der Waals surface area contributed by atoms with Gasteiger partial charge in [0.2, 0.25) is 10.0 Å². The molecular weight excluding hydrogens is 518 g/mol. The number of aryl methyl sites for hydroxylation is 1. The van der Waals surface area contributed by atoms with Crippen molar-refractivity contribution in [2.45, 2.75) is 25.9 Å². The molecule has 38 heavy (non-hydrogen) atoms. The Kier molecular flexibility index (Phi) is 7.09. The van der Waals surface area contributed by atoms with E-state index < -0.39 is 10.0 Å². The van der Waals surface area contributed by atoms with Gasteiger partial charge >= 0.3 is 0 Å². The van der Waals surface area contributed by atoms with E-state index in [0.717, 1.165) is 40.3 Å². The molecule has 8 nitrogen and oxygen atoms in total. The van der Waals surface area contributed by atoms with Crippen LogP contribution in [-0.4, -0.2) is 35.9 Å². The number of hydrogen-bond acceptors (Lipinski definition) is 5. The van der Waals surface area contributed by atoms with E-state index in [1.54, 1.807) is 12.3 Å². The highest BCUT2D eigenvalue weighted by Crippen LogP contribution is 2.43. The van der Waals surface area contributed by atoms with Crippen LogP contribution in [-0.2, 0) is 10.0 Å². The molecule has 2 aromatic carbocycles. The fourth-order valence-corrected chi connectivity index (χ4v) is 5.76. The van der Waals surface area contributed by atoms with Crippen LogP contribution < -0.4 is 19.7 Å². The number of nitrogens with zero attached hydrogens (tertiary/aromatic N) is 3. The summed E-state index contributed by atoms with van der Waals surface area (Å²) in [5.74, 6) is 0.819. The Morgan fingerprint density at radius 1 is 1.05 bits per heavy atom. The second kappa shape index (κ2) is 10.5. The lowest BCUT2D eigenvalue weighted by Crippen LogP contribution is -2.30. The van der Waals surface area contributed by atoms with Crippen molar-refractivity contribution in [2.75, 3.05) is 22.5 Å². The van der Waals surface area contributed by atoms with Gasteiger partial charge < -0.3 is 19.5 Å². The van der Waals surface area contributed by atoms with Gasteiger partial charge in [0, 0.05) is 29.5 Å². The van der Waals surface area contributed by atoms with Crippen molar-refractivity contribution in [2.24, 2.45) is 0 Å². The maximum absolute atomic E-state index is 11.8. The fraction of sp³-hybridized carbons (Fsp3) is 0.214. The molecule has 2 atom stereocenters. The van der Waals surface area contributed by atoms with Crippen LogP contribution in [0.5, 0.6) is 5.75 Å². The van der Waals surface area contributed by atoms with Crippen molar-refractivity contribution >= 4 is 38.7 Å². The van der Waals surface area contributed by atoms with Crippen LogP contribution in [0.25, 0.3) is 5.69 Å². The Morgan fingerprint density at radius 3 is 2.47 bits per heavy atom. The van der Waals surface area contributed by atoms with Gasteiger partial charge in [-0.1, -0.05) is 6.07 Å². The molecule has 0 saturated carbocycles. The van der Waals surface area contributed by atoms with E-state index >= 15 is 0 Å². The summed E-state index contributed by atoms with van der Waals surface area (Å²) < 4.78 is 34.0. The zero-order valence-corrected chi connectivity index (χ0v) is 23.0. The van der Waals surface area contributed by atoms with Crippen molar-refractivity contribution in [3.63, 3.8) is 0 Å². The lowest BCUT2D eigenvalue weighted by molar-refractivity contribution is 0.340. The first kappa shape index (κ1) is 25.7. The lowest BCUT2D eigenvalue weighted by atomic mass is 10.0. The Bertz CT molecular complexity index is 1550. The summed E-state index contributed by atoms with van der Waals surface area (Å²) in [5.41, 5.74) is 5.06. The van der Waals surface area contributed by atoms with Crippen LogP contribution in [0.2, 0.25) is 0 Å². The number of pyridine rings is 1. The van der Waals surface area contributed by atoms with Crippen molar-refractivity contribution in [3.8, 4) is 11.4 Å². The molecule has 3 heterocycles. The van der Waals surface area contributed by atoms with Crippen molar-refractivity contribution in [1.29, 1.82) is 0 Å². The molecule has 1 aliphatic heterocycles. The van der Waals surface area contributed by atoms with Gasteiger partial charge in [-0.3, -0.25) is 9.71 Å². The number of thiocarbonyl (C=S) groups is 1. The van der Waals surface area contributed by atoms with Crippen LogP contribution >= 0.6 is 12.2 Å². The molecule has 5 rings (SSSR count). The van der Waals surface area contributed by atoms with Crippen LogP contribution in [0, 0.1) is 6.92 Å². The van der Waals surface area contributed by atoms with Gasteiger partial charge in [0.1, 0.15) is 11.8 Å². The van der Waals surface area contributed by atoms with Crippen molar-refractivity contribution in [3.05, 3.63) is 102 Å². The molecule has 1 aliphatic rings. The van der Waals surface area contributed by atoms with Crippen LogP contribution in [0.1, 0.15) is 36.0 Å². The molecule has 0 aliphatic carbocycles. The monoisotopic (exact) mass is 547 g/mol. The molecule has 0 spiro atoms. The first-order valence-corrected chi connectivity index (χ1v) is 14.5. The topological polar surface area (TPSA) is 88.5 Å². The first-order valence-electron chi connectivity index (χ1n) is 12.2. The molecule has 2 aromatic heterocycles. The van der Waals surface area contributed by atoms with Gasteiger partial charge in [-0.05, 0) is 98.4 Å². The second-order valence-electron chi connectivity index (χ2n) is 9.10. The summed E-state index contributed by atoms with van der Waals surface area (Å²) in [7, 11) is -3.40. The third kappa shape index (κ3) is 5.23. The minimum Gasteiger partial charge on any atom is -0.494 e. The predicted molar refractivity (Wildman–Crippen MR) is 155 cm³/mol. The number of ether oxygens (including phenoxy) is 1. The highest BCUT2D eigenvalue weighted by atomic mass is 32.2. The maximum atomic E-state index is 11.8. The lowest BCUT2D eigenvalue weighted by Gasteiger charge is -2.29. The van der Waals surface area contributed by atoms with E-state index in [-0.39, 0.29) is 12.1 Å². The summed E-state index contributed by atoms with van der Waals surface area (Å²) in [6.45, 7) is 4.45. The third-order valence-corrected chi connectivity index (χ3v) is 7.30. The van der Waals surface area contributed by atoms with Crippen LogP contribution in [0.4, 0.5) is 11.4 Å². The average molecular weight is 548 g/mol. The zero-order valence-electron chi connectivity index (χ0n) is 21.3. The van der Waals surface area contributed by atoms with Gasteiger partial charge in [0.25, 0.3) is 0 Å². The smallest absolute Gasteiger partial charge is 0.229 e. The number of nitrogens with one attached hydrogen (secondary N) is 2. The molecule has 0 radical (unpaired) electrons. The highest BCUT2D eigenvalue weighted by Gasteiger charge is 2.42. The minimum atomic E-state index is -3.40. The van der Waals surface area contributed by atoms with Gasteiger partial charge in [0.05, 0.1) is 30.3 Å². The van der Waals surface area contributed by atoms with E-state index in [4.69, 9.17) is 17.0 Å². The molecule has 0 unspecified atom stereocenters. The van der Waals surface area contributed by atoms with Gasteiger partial charge in [0.15, 0.2) is 5.11 Å². The third-order valence-electron chi connectivity index (χ3n) is 6.39. The molecule has 10 heteroatoms. The largest absolute Gasteiger partial charge is 0.494 e. The van der Waals surface area contributed by atoms with E-state index in [1.807, 2.05) is 80.7 Å². The molecule has 1 fully saturated rings. The minimum absolute atomic E-state index is 0.214. The molecule has 4 aromatic rings. The first-order chi connectivity index (χ1) is 18.2. The summed E-state index contributed by atoms with van der Waals surface area (Å²) >= 11 is 5.87. The molecular formula is C28H29N5O3S2. The summed E-state index contributed by atoms with van der Waals surface area (Å²) in [6.07, 6.45) is 4.95. The van der Waals surface area contributed by atoms with Crippen LogP contribution in [0.3, 0.4) is 0 Å². The Morgan fingerprint density at radius 2 is 1.82 bits per heavy atom. The van der Waals surface area contributed by atoms with Crippen LogP contribution in [0.15, 0.2) is 85.2 Å². The second-order valence-corrected chi connectivity index (χ2v) is 11.2. The number of aromatic nitrogens is 2. The number of rotatable bonds is 8. The zero-order chi connectivity index (χ0) is 26.9. The summed E-state index contributed by atoms with van der Waals surface area (Å²) in [5, 5.41) is 4.05. The molecule has 196 valence electrons. The normalized spacial score (nSPS) is 17.3. The van der Waals surface area contributed by atoms with Gasteiger partial charge in [-0.25, -0.2) is 8.42 Å². The Hall–Kier alpha value is -3.89. The van der Waals surface area contributed by atoms with E-state index in [1.165, 1.54) is 0 Å². The Labute approximate surface area is 228 Å². The quantitative estimate of drug-likeness (QED) is 0.296. The number of sulfonamides is 1. The maximum Gasteiger partial charge on any atom is 0.229 e. The fourth-order valence-electron chi connectivity index (χ4n) is 4.79. The highest BCUT2D eigenvalue weighted by molar-refractivity contribution is 7.92. The number of benzene rings is 2. The van der Waals surface area contributed by atoms with E-state index in [0.29, 0.717) is 17.4 Å². The number of anilines is 2.